The van der Waals surface area contributed by atoms with Gasteiger partial charge < -0.3 is 10.8 Å². The summed E-state index contributed by atoms with van der Waals surface area (Å²) in [6.07, 6.45) is 0.573. The van der Waals surface area contributed by atoms with E-state index in [0.717, 1.165) is 0 Å². The Hall–Kier alpha value is -0.0300. The summed E-state index contributed by atoms with van der Waals surface area (Å²) >= 11 is 3.71. The van der Waals surface area contributed by atoms with Crippen LogP contribution in [0.25, 0.3) is 0 Å². The van der Waals surface area contributed by atoms with Crippen LogP contribution in [-0.4, -0.2) is 17.5 Å². The Balaban J connectivity index is 0. The van der Waals surface area contributed by atoms with E-state index in [0.29, 0.717) is 0 Å². The Kier molecular flexibility index (Phi) is 13.4. The quantitative estimate of drug-likeness (QED) is 0.345. The first kappa shape index (κ1) is 10.1. The van der Waals surface area contributed by atoms with Crippen LogP contribution in [0.4, 0.5) is 4.79 Å². The molecule has 0 aliphatic heterocycles. The molecule has 0 radical (unpaired) electrons. The van der Waals surface area contributed by atoms with Gasteiger partial charge in [-0.05, 0) is 6.26 Å². The van der Waals surface area contributed by atoms with Gasteiger partial charge in [-0.2, -0.15) is 0 Å². The number of hydrogen-bond acceptors (Lipinski definition) is 3. The first-order valence-electron chi connectivity index (χ1n) is 1.31. The van der Waals surface area contributed by atoms with E-state index in [9.17, 15) is 0 Å². The summed E-state index contributed by atoms with van der Waals surface area (Å²) in [5, 5.41) is 7.19. The zero-order valence-electron chi connectivity index (χ0n) is 3.79. The van der Waals surface area contributed by atoms with Gasteiger partial charge in [0.25, 0.3) is 0 Å². The fourth-order valence-electron chi connectivity index (χ4n) is 0. The SMILES string of the molecule is CSS.NC(=O)O. The number of rotatable bonds is 0. The summed E-state index contributed by atoms with van der Waals surface area (Å²) in [5.74, 6) is 0. The van der Waals surface area contributed by atoms with Gasteiger partial charge in [-0.3, -0.25) is 0 Å². The lowest BCUT2D eigenvalue weighted by Gasteiger charge is -1.61. The first-order valence-corrected chi connectivity index (χ1v) is 3.58. The Labute approximate surface area is 51.1 Å². The normalized spacial score (nSPS) is 6.00. The molecule has 44 valence electrons. The van der Waals surface area contributed by atoms with E-state index in [1.165, 1.54) is 10.8 Å². The van der Waals surface area contributed by atoms with Gasteiger partial charge in [0, 0.05) is 0 Å². The predicted molar refractivity (Wildman–Crippen MR) is 34.7 cm³/mol. The van der Waals surface area contributed by atoms with Crippen molar-refractivity contribution < 1.29 is 9.90 Å². The molecule has 3 nitrogen and oxygen atoms in total. The minimum atomic E-state index is -1.33. The number of carbonyl (C=O) groups is 1. The van der Waals surface area contributed by atoms with Crippen LogP contribution in [0, 0.1) is 0 Å². The Morgan fingerprint density at radius 2 is 2.00 bits per heavy atom. The molecule has 0 saturated carbocycles. The number of primary amides is 1. The van der Waals surface area contributed by atoms with Crippen LogP contribution in [0.3, 0.4) is 0 Å². The number of carboxylic acid groups (broad SMARTS) is 1. The molecule has 5 heteroatoms. The molecule has 0 atom stereocenters. The Morgan fingerprint density at radius 1 is 2.00 bits per heavy atom. The third-order valence-corrected chi connectivity index (χ3v) is 0. The van der Waals surface area contributed by atoms with E-state index in [1.54, 1.807) is 0 Å². The largest absolute Gasteiger partial charge is 0.465 e. The zero-order chi connectivity index (χ0) is 6.28. The van der Waals surface area contributed by atoms with Gasteiger partial charge in [0.2, 0.25) is 0 Å². The maximum absolute atomic E-state index is 8.78. The fraction of sp³-hybridized carbons (Fsp3) is 0.500. The summed E-state index contributed by atoms with van der Waals surface area (Å²) in [6.45, 7) is 0. The summed E-state index contributed by atoms with van der Waals surface area (Å²) in [6, 6.07) is 0. The van der Waals surface area contributed by atoms with Crippen molar-refractivity contribution >= 4 is 28.5 Å². The summed E-state index contributed by atoms with van der Waals surface area (Å²) in [4.78, 5) is 8.78. The lowest BCUT2D eigenvalue weighted by Crippen LogP contribution is -2.03. The van der Waals surface area contributed by atoms with E-state index < -0.39 is 6.09 Å². The molecule has 3 N–H and O–H groups in total. The fourth-order valence-corrected chi connectivity index (χ4v) is 0. The highest BCUT2D eigenvalue weighted by atomic mass is 33.1. The highest BCUT2D eigenvalue weighted by molar-refractivity contribution is 8.68. The lowest BCUT2D eigenvalue weighted by atomic mass is 11.3. The molecule has 0 bridgehead atoms. The Bertz CT molecular complexity index is 45.0. The molecule has 0 saturated heterocycles. The van der Waals surface area contributed by atoms with Crippen molar-refractivity contribution in [2.75, 3.05) is 6.26 Å². The summed E-state index contributed by atoms with van der Waals surface area (Å²) < 4.78 is 0. The summed E-state index contributed by atoms with van der Waals surface area (Å²) in [7, 11) is 1.44. The van der Waals surface area contributed by atoms with Crippen LogP contribution in [0.15, 0.2) is 0 Å². The van der Waals surface area contributed by atoms with Crippen LogP contribution in [0.5, 0.6) is 0 Å². The third kappa shape index (κ3) is 105000. The van der Waals surface area contributed by atoms with Crippen LogP contribution < -0.4 is 5.73 Å². The molecule has 0 fully saturated rings. The molecule has 0 heterocycles. The molecule has 0 aromatic carbocycles. The monoisotopic (exact) mass is 141 g/mol. The highest BCUT2D eigenvalue weighted by Gasteiger charge is 1.65. The molecule has 0 aliphatic carbocycles. The predicted octanol–water partition coefficient (Wildman–Crippen LogP) is 0.817. The van der Waals surface area contributed by atoms with Crippen molar-refractivity contribution in [3.05, 3.63) is 0 Å². The molecular weight excluding hydrogens is 134 g/mol. The second-order valence-electron chi connectivity index (χ2n) is 0.521. The van der Waals surface area contributed by atoms with Crippen molar-refractivity contribution in [1.29, 1.82) is 0 Å². The number of hydrogen-bond donors (Lipinski definition) is 3. The van der Waals surface area contributed by atoms with Gasteiger partial charge in [-0.25, -0.2) is 4.79 Å². The van der Waals surface area contributed by atoms with Crippen LogP contribution >= 0.6 is 22.5 Å². The molecule has 0 aromatic rings. The minimum Gasteiger partial charge on any atom is -0.465 e. The molecule has 0 spiro atoms. The van der Waals surface area contributed by atoms with Gasteiger partial charge in [-0.15, -0.1) is 22.5 Å². The number of nitrogens with two attached hydrogens (primary N) is 1. The molecule has 1 amide bonds. The van der Waals surface area contributed by atoms with E-state index in [4.69, 9.17) is 9.90 Å². The van der Waals surface area contributed by atoms with Crippen LogP contribution in [-0.2, 0) is 0 Å². The van der Waals surface area contributed by atoms with Gasteiger partial charge in [0.15, 0.2) is 0 Å². The lowest BCUT2D eigenvalue weighted by molar-refractivity contribution is 0.205. The maximum atomic E-state index is 8.78. The first-order chi connectivity index (χ1) is 3.15. The van der Waals surface area contributed by atoms with Crippen molar-refractivity contribution in [1.82, 2.24) is 0 Å². The topological polar surface area (TPSA) is 63.3 Å². The molecule has 0 unspecified atom stereocenters. The Morgan fingerprint density at radius 3 is 2.00 bits per heavy atom. The number of amides is 1. The van der Waals surface area contributed by atoms with Gasteiger partial charge in [0.05, 0.1) is 0 Å². The molecule has 0 rings (SSSR count). The highest BCUT2D eigenvalue weighted by Crippen LogP contribution is 1.91. The van der Waals surface area contributed by atoms with E-state index >= 15 is 0 Å². The van der Waals surface area contributed by atoms with E-state index in [2.05, 4.69) is 17.4 Å². The molecule has 7 heavy (non-hydrogen) atoms. The molecule has 0 aromatic heterocycles. The van der Waals surface area contributed by atoms with Crippen molar-refractivity contribution in [2.45, 2.75) is 0 Å². The smallest absolute Gasteiger partial charge is 0.402 e. The van der Waals surface area contributed by atoms with Gasteiger partial charge in [0.1, 0.15) is 0 Å². The van der Waals surface area contributed by atoms with Crippen LogP contribution in [0.2, 0.25) is 0 Å². The van der Waals surface area contributed by atoms with Crippen molar-refractivity contribution in [3.63, 3.8) is 0 Å². The van der Waals surface area contributed by atoms with Crippen LogP contribution in [0.1, 0.15) is 0 Å². The van der Waals surface area contributed by atoms with Gasteiger partial charge >= 0.3 is 6.09 Å². The minimum absolute atomic E-state index is 1.33. The van der Waals surface area contributed by atoms with Crippen molar-refractivity contribution in [2.24, 2.45) is 5.73 Å². The van der Waals surface area contributed by atoms with Gasteiger partial charge in [-0.1, -0.05) is 0 Å². The standard InChI is InChI=1S/CH3NO2.CH4S2/c2-1(3)4;1-3-2/h2H2,(H,3,4);2H,1H3. The second-order valence-corrected chi connectivity index (χ2v) is 1.98. The molecule has 0 aliphatic rings. The summed E-state index contributed by atoms with van der Waals surface area (Å²) in [5.41, 5.74) is 4.03. The average molecular weight is 141 g/mol. The van der Waals surface area contributed by atoms with Crippen molar-refractivity contribution in [3.8, 4) is 0 Å². The average Bonchev–Trinajstić information content (AvgIpc) is 1.33. The third-order valence-electron chi connectivity index (χ3n) is 0. The van der Waals surface area contributed by atoms with E-state index in [-0.39, 0.29) is 0 Å². The second kappa shape index (κ2) is 9.36. The zero-order valence-corrected chi connectivity index (χ0v) is 5.50. The van der Waals surface area contributed by atoms with E-state index in [1.807, 2.05) is 6.26 Å². The number of thiol groups is 1. The maximum Gasteiger partial charge on any atom is 0.402 e. The molecular formula is C2H7NO2S2.